The van der Waals surface area contributed by atoms with Crippen LogP contribution in [0, 0.1) is 0 Å². The van der Waals surface area contributed by atoms with Gasteiger partial charge in [-0.05, 0) is 0 Å². The Morgan fingerprint density at radius 3 is 1.44 bits per heavy atom. The molecule has 10 heteroatoms. The van der Waals surface area contributed by atoms with E-state index in [1.54, 1.807) is 0 Å². The van der Waals surface area contributed by atoms with Crippen molar-refractivity contribution in [1.29, 1.82) is 0 Å². The Morgan fingerprint density at radius 1 is 0.611 bits per heavy atom. The van der Waals surface area contributed by atoms with Gasteiger partial charge in [-0.2, -0.15) is 0 Å². The number of halogens is 10. The molecule has 0 aromatic heterocycles. The third-order valence-corrected chi connectivity index (χ3v) is 8.83. The molecule has 0 N–H and O–H groups in total. The summed E-state index contributed by atoms with van der Waals surface area (Å²) in [5.74, 6) is 0. The molecule has 0 aromatic rings. The van der Waals surface area contributed by atoms with E-state index in [1.807, 2.05) is 0 Å². The van der Waals surface area contributed by atoms with Crippen LogP contribution >= 0.6 is 116 Å². The van der Waals surface area contributed by atoms with Gasteiger partial charge >= 0.3 is 0 Å². The van der Waals surface area contributed by atoms with Crippen LogP contribution in [0.25, 0.3) is 0 Å². The minimum Gasteiger partial charge on any atom is -0.105 e. The average molecular weight is 451 g/mol. The molecule has 2 rings (SSSR count). The van der Waals surface area contributed by atoms with E-state index < -0.39 is 17.9 Å². The van der Waals surface area contributed by atoms with Crippen LogP contribution in [0.2, 0.25) is 0 Å². The molecule has 0 saturated carbocycles. The SMILES string of the molecule is ClC1=C(Cl)[C@]2(Cl)C(=C(Cl)C(Cl)(Cl)C2(Cl)Cl)C1(Cl)Cl. The molecule has 0 heterocycles. The van der Waals surface area contributed by atoms with E-state index in [4.69, 9.17) is 116 Å². The summed E-state index contributed by atoms with van der Waals surface area (Å²) < 4.78 is -5.72. The molecule has 0 amide bonds. The topological polar surface area (TPSA) is 0 Å². The molecule has 0 nitrogen and oxygen atoms in total. The second-order valence-electron chi connectivity index (χ2n) is 3.70. The van der Waals surface area contributed by atoms with Crippen LogP contribution in [0.5, 0.6) is 0 Å². The molecular weight excluding hydrogens is 451 g/mol. The summed E-state index contributed by atoms with van der Waals surface area (Å²) in [6.07, 6.45) is 0. The van der Waals surface area contributed by atoms with Gasteiger partial charge in [0.15, 0.2) is 13.0 Å². The molecule has 0 radical (unpaired) electrons. The zero-order valence-electron chi connectivity index (χ0n) is 7.78. The molecule has 0 unspecified atom stereocenters. The van der Waals surface area contributed by atoms with Crippen LogP contribution in [0.3, 0.4) is 0 Å². The molecule has 0 aliphatic heterocycles. The smallest absolute Gasteiger partial charge is 0.105 e. The maximum atomic E-state index is 6.35. The Balaban J connectivity index is 2.88. The fourth-order valence-electron chi connectivity index (χ4n) is 1.82. The van der Waals surface area contributed by atoms with Crippen LogP contribution in [0.4, 0.5) is 0 Å². The monoisotopic (exact) mass is 446 g/mol. The van der Waals surface area contributed by atoms with Crippen molar-refractivity contribution >= 4 is 116 Å². The number of rotatable bonds is 0. The van der Waals surface area contributed by atoms with Crippen LogP contribution in [0.1, 0.15) is 0 Å². The maximum absolute atomic E-state index is 6.35. The zero-order valence-corrected chi connectivity index (χ0v) is 15.3. The van der Waals surface area contributed by atoms with Gasteiger partial charge in [0, 0.05) is 5.57 Å². The zero-order chi connectivity index (χ0) is 14.3. The van der Waals surface area contributed by atoms with Crippen molar-refractivity contribution in [3.63, 3.8) is 0 Å². The van der Waals surface area contributed by atoms with Crippen LogP contribution in [-0.2, 0) is 0 Å². The quantitative estimate of drug-likeness (QED) is 0.361. The predicted molar refractivity (Wildman–Crippen MR) is 83.5 cm³/mol. The second kappa shape index (κ2) is 4.44. The molecule has 102 valence electrons. The fraction of sp³-hybridized carbons (Fsp3) is 0.500. The lowest BCUT2D eigenvalue weighted by atomic mass is 10.0. The predicted octanol–water partition coefficient (Wildman–Crippen LogP) is 6.69. The van der Waals surface area contributed by atoms with E-state index in [2.05, 4.69) is 0 Å². The van der Waals surface area contributed by atoms with E-state index >= 15 is 0 Å². The first-order chi connectivity index (χ1) is 7.84. The van der Waals surface area contributed by atoms with Crippen LogP contribution in [-0.4, -0.2) is 17.9 Å². The lowest BCUT2D eigenvalue weighted by Gasteiger charge is -2.36. The van der Waals surface area contributed by atoms with E-state index in [-0.39, 0.29) is 20.7 Å². The first-order valence-corrected chi connectivity index (χ1v) is 7.92. The standard InChI is InChI=1S/C8Cl10/c9-2-1-5(12,8(17,18)7(2,15)16)3(10)4(11)6(1,13)14/t5-/m1/s1. The van der Waals surface area contributed by atoms with Gasteiger partial charge in [-0.1, -0.05) is 104 Å². The van der Waals surface area contributed by atoms with Crippen molar-refractivity contribution in [2.45, 2.75) is 17.9 Å². The van der Waals surface area contributed by atoms with E-state index in [9.17, 15) is 0 Å². The normalized spacial score (nSPS) is 36.3. The summed E-state index contributed by atoms with van der Waals surface area (Å²) in [4.78, 5) is -1.79. The van der Waals surface area contributed by atoms with Gasteiger partial charge in [0.05, 0.1) is 15.1 Å². The molecule has 0 saturated heterocycles. The summed E-state index contributed by atoms with van der Waals surface area (Å²) in [7, 11) is 0. The highest BCUT2D eigenvalue weighted by Gasteiger charge is 2.77. The van der Waals surface area contributed by atoms with Gasteiger partial charge < -0.3 is 0 Å². The summed E-state index contributed by atoms with van der Waals surface area (Å²) in [5, 5.41) is -0.521. The lowest BCUT2D eigenvalue weighted by Crippen LogP contribution is -2.47. The molecule has 1 atom stereocenters. The molecule has 0 fully saturated rings. The molecule has 0 bridgehead atoms. The molecular formula is C8Cl10. The third kappa shape index (κ3) is 1.63. The van der Waals surface area contributed by atoms with Gasteiger partial charge in [0.1, 0.15) is 4.87 Å². The van der Waals surface area contributed by atoms with Crippen molar-refractivity contribution in [1.82, 2.24) is 0 Å². The Hall–Kier alpha value is 2.38. The van der Waals surface area contributed by atoms with Crippen molar-refractivity contribution < 1.29 is 0 Å². The number of allylic oxidation sites excluding steroid dienone is 4. The van der Waals surface area contributed by atoms with Gasteiger partial charge in [0.25, 0.3) is 0 Å². The summed E-state index contributed by atoms with van der Waals surface area (Å²) in [5.41, 5.74) is -0.0355. The first kappa shape index (κ1) is 16.7. The first-order valence-electron chi connectivity index (χ1n) is 4.14. The Bertz CT molecular complexity index is 498. The minimum absolute atomic E-state index is 0.0355. The van der Waals surface area contributed by atoms with Gasteiger partial charge in [-0.15, -0.1) is 11.6 Å². The average Bonchev–Trinajstić information content (AvgIpc) is 2.43. The molecule has 18 heavy (non-hydrogen) atoms. The lowest BCUT2D eigenvalue weighted by molar-refractivity contribution is 0.696. The summed E-state index contributed by atoms with van der Waals surface area (Å²) in [6.45, 7) is 0. The minimum atomic E-state index is -2.00. The largest absolute Gasteiger partial charge is 0.188 e. The Labute approximate surface area is 153 Å². The fourth-order valence-corrected chi connectivity index (χ4v) is 5.71. The van der Waals surface area contributed by atoms with Gasteiger partial charge in [-0.3, -0.25) is 0 Å². The number of fused-ring (bicyclic) bond motifs is 1. The maximum Gasteiger partial charge on any atom is 0.188 e. The van der Waals surface area contributed by atoms with E-state index in [1.165, 1.54) is 0 Å². The van der Waals surface area contributed by atoms with E-state index in [0.717, 1.165) is 0 Å². The molecule has 0 spiro atoms. The highest BCUT2D eigenvalue weighted by Crippen LogP contribution is 2.75. The van der Waals surface area contributed by atoms with Crippen LogP contribution in [0.15, 0.2) is 20.7 Å². The number of hydrogen-bond acceptors (Lipinski definition) is 0. The van der Waals surface area contributed by atoms with E-state index in [0.29, 0.717) is 0 Å². The second-order valence-corrected chi connectivity index (χ2v) is 9.38. The van der Waals surface area contributed by atoms with Gasteiger partial charge in [0.2, 0.25) is 0 Å². The molecule has 2 aliphatic carbocycles. The van der Waals surface area contributed by atoms with Crippen molar-refractivity contribution in [2.24, 2.45) is 0 Å². The summed E-state index contributed by atoms with van der Waals surface area (Å²) >= 11 is 60.9. The number of hydrogen-bond donors (Lipinski definition) is 0. The molecule has 2 aliphatic rings. The van der Waals surface area contributed by atoms with Crippen molar-refractivity contribution in [3.8, 4) is 0 Å². The van der Waals surface area contributed by atoms with Crippen molar-refractivity contribution in [3.05, 3.63) is 20.7 Å². The van der Waals surface area contributed by atoms with Crippen LogP contribution < -0.4 is 0 Å². The van der Waals surface area contributed by atoms with Crippen molar-refractivity contribution in [2.75, 3.05) is 0 Å². The Morgan fingerprint density at radius 2 is 1.06 bits per heavy atom. The highest BCUT2D eigenvalue weighted by atomic mass is 35.5. The Kier molecular flexibility index (Phi) is 4.13. The number of alkyl halides is 7. The summed E-state index contributed by atoms with van der Waals surface area (Å²) in [6, 6.07) is 0. The highest BCUT2D eigenvalue weighted by molar-refractivity contribution is 6.74. The molecule has 0 aromatic carbocycles. The van der Waals surface area contributed by atoms with Gasteiger partial charge in [-0.25, -0.2) is 0 Å². The third-order valence-electron chi connectivity index (χ3n) is 2.75.